The van der Waals surface area contributed by atoms with E-state index in [9.17, 15) is 9.90 Å². The second-order valence-corrected chi connectivity index (χ2v) is 4.54. The minimum Gasteiger partial charge on any atom is -0.465 e. The fourth-order valence-electron chi connectivity index (χ4n) is 2.21. The van der Waals surface area contributed by atoms with Gasteiger partial charge in [0, 0.05) is 5.39 Å². The molecule has 6 heteroatoms. The minimum absolute atomic E-state index is 0.0875. The summed E-state index contributed by atoms with van der Waals surface area (Å²) in [4.78, 5) is 11.0. The maximum absolute atomic E-state index is 11.0. The lowest BCUT2D eigenvalue weighted by Gasteiger charge is -2.06. The number of hydrogen-bond acceptors (Lipinski definition) is 3. The number of rotatable bonds is 3. The molecule has 0 aliphatic heterocycles. The highest BCUT2D eigenvalue weighted by Crippen LogP contribution is 2.27. The van der Waals surface area contributed by atoms with E-state index in [1.807, 2.05) is 30.3 Å². The molecule has 0 bridgehead atoms. The third-order valence-electron chi connectivity index (χ3n) is 3.15. The van der Waals surface area contributed by atoms with Gasteiger partial charge in [0.05, 0.1) is 17.8 Å². The van der Waals surface area contributed by atoms with E-state index in [4.69, 9.17) is 5.11 Å². The van der Waals surface area contributed by atoms with Crippen molar-refractivity contribution in [2.75, 3.05) is 5.32 Å². The summed E-state index contributed by atoms with van der Waals surface area (Å²) in [6.45, 7) is -0.0875. The van der Waals surface area contributed by atoms with Crippen LogP contribution in [0.4, 0.5) is 10.6 Å². The van der Waals surface area contributed by atoms with Crippen molar-refractivity contribution < 1.29 is 15.0 Å². The zero-order valence-corrected chi connectivity index (χ0v) is 11.0. The van der Waals surface area contributed by atoms with E-state index < -0.39 is 6.09 Å². The number of fused-ring (bicyclic) bond motifs is 1. The molecule has 1 amide bonds. The average molecular weight is 283 g/mol. The number of nitrogens with zero attached hydrogens (tertiary/aromatic N) is 2. The first-order valence-electron chi connectivity index (χ1n) is 6.37. The van der Waals surface area contributed by atoms with Gasteiger partial charge in [0.2, 0.25) is 0 Å². The summed E-state index contributed by atoms with van der Waals surface area (Å²) in [6.07, 6.45) is -1.15. The summed E-state index contributed by atoms with van der Waals surface area (Å²) in [5, 5.41) is 25.7. The number of amides is 1. The normalized spacial score (nSPS) is 10.7. The van der Waals surface area contributed by atoms with E-state index in [2.05, 4.69) is 10.4 Å². The Labute approximate surface area is 120 Å². The molecule has 0 unspecified atom stereocenters. The van der Waals surface area contributed by atoms with Crippen molar-refractivity contribution >= 4 is 22.8 Å². The van der Waals surface area contributed by atoms with Crippen molar-refractivity contribution in [2.45, 2.75) is 6.61 Å². The van der Waals surface area contributed by atoms with Crippen molar-refractivity contribution in [3.05, 3.63) is 54.1 Å². The zero-order valence-electron chi connectivity index (χ0n) is 11.0. The number of para-hydroxylation sites is 1. The topological polar surface area (TPSA) is 87.4 Å². The number of aliphatic hydroxyl groups excluding tert-OH is 1. The number of benzene rings is 2. The number of hydrogen-bond donors (Lipinski definition) is 3. The summed E-state index contributed by atoms with van der Waals surface area (Å²) in [6, 6.07) is 14.5. The molecule has 1 aromatic heterocycles. The van der Waals surface area contributed by atoms with Crippen LogP contribution in [0.15, 0.2) is 48.5 Å². The lowest BCUT2D eigenvalue weighted by molar-refractivity contribution is 0.209. The largest absolute Gasteiger partial charge is 0.465 e. The third-order valence-corrected chi connectivity index (χ3v) is 3.15. The summed E-state index contributed by atoms with van der Waals surface area (Å²) in [5.41, 5.74) is 2.10. The van der Waals surface area contributed by atoms with E-state index in [1.165, 1.54) is 0 Å². The van der Waals surface area contributed by atoms with Gasteiger partial charge in [-0.15, -0.1) is 0 Å². The fourth-order valence-corrected chi connectivity index (χ4v) is 2.21. The molecule has 0 aliphatic carbocycles. The molecule has 2 aromatic carbocycles. The van der Waals surface area contributed by atoms with E-state index in [-0.39, 0.29) is 6.61 Å². The van der Waals surface area contributed by atoms with Gasteiger partial charge in [-0.3, -0.25) is 5.32 Å². The smallest absolute Gasteiger partial charge is 0.410 e. The van der Waals surface area contributed by atoms with Crippen molar-refractivity contribution in [1.82, 2.24) is 9.78 Å². The highest BCUT2D eigenvalue weighted by molar-refractivity contribution is 5.97. The van der Waals surface area contributed by atoms with E-state index in [1.54, 1.807) is 22.9 Å². The van der Waals surface area contributed by atoms with Crippen LogP contribution >= 0.6 is 0 Å². The average Bonchev–Trinajstić information content (AvgIpc) is 2.85. The first-order valence-corrected chi connectivity index (χ1v) is 6.37. The minimum atomic E-state index is -1.15. The molecule has 3 N–H and O–H groups in total. The van der Waals surface area contributed by atoms with E-state index in [0.717, 1.165) is 11.3 Å². The van der Waals surface area contributed by atoms with Gasteiger partial charge in [0.1, 0.15) is 5.82 Å². The van der Waals surface area contributed by atoms with Crippen molar-refractivity contribution in [1.29, 1.82) is 0 Å². The standard InChI is InChI=1S/C15H13N3O3/c19-9-10-6-7-12-13(8-10)17-18(14(12)16-15(20)21)11-4-2-1-3-5-11/h1-8,16,19H,9H2,(H,20,21). The number of aliphatic hydroxyl groups is 1. The lowest BCUT2D eigenvalue weighted by Crippen LogP contribution is -2.12. The SMILES string of the molecule is O=C(O)Nc1c2ccc(CO)cc2nn1-c1ccccc1. The highest BCUT2D eigenvalue weighted by Gasteiger charge is 2.15. The molecule has 0 fully saturated rings. The molecule has 3 rings (SSSR count). The quantitative estimate of drug-likeness (QED) is 0.689. The molecular formula is C15H13N3O3. The molecule has 0 aliphatic rings. The summed E-state index contributed by atoms with van der Waals surface area (Å²) in [5.74, 6) is 0.383. The number of nitrogens with one attached hydrogen (secondary N) is 1. The number of aromatic nitrogens is 2. The number of anilines is 1. The second-order valence-electron chi connectivity index (χ2n) is 4.54. The maximum Gasteiger partial charge on any atom is 0.410 e. The molecule has 0 spiro atoms. The summed E-state index contributed by atoms with van der Waals surface area (Å²) >= 11 is 0. The van der Waals surface area contributed by atoms with Gasteiger partial charge in [0.15, 0.2) is 0 Å². The zero-order chi connectivity index (χ0) is 14.8. The Bertz CT molecular complexity index is 797. The Kier molecular flexibility index (Phi) is 3.29. The van der Waals surface area contributed by atoms with Crippen LogP contribution in [0, 0.1) is 0 Å². The van der Waals surface area contributed by atoms with Gasteiger partial charge in [-0.2, -0.15) is 5.10 Å². The Hall–Kier alpha value is -2.86. The molecular weight excluding hydrogens is 270 g/mol. The highest BCUT2D eigenvalue weighted by atomic mass is 16.4. The van der Waals surface area contributed by atoms with Crippen LogP contribution in [0.2, 0.25) is 0 Å². The molecule has 21 heavy (non-hydrogen) atoms. The molecule has 106 valence electrons. The Morgan fingerprint density at radius 1 is 1.19 bits per heavy atom. The van der Waals surface area contributed by atoms with Crippen molar-refractivity contribution in [3.8, 4) is 5.69 Å². The molecule has 1 heterocycles. The molecule has 3 aromatic rings. The summed E-state index contributed by atoms with van der Waals surface area (Å²) in [7, 11) is 0. The van der Waals surface area contributed by atoms with Gasteiger partial charge in [0.25, 0.3) is 0 Å². The van der Waals surface area contributed by atoms with Crippen LogP contribution in [0.1, 0.15) is 5.56 Å². The first kappa shape index (κ1) is 13.1. The van der Waals surface area contributed by atoms with Gasteiger partial charge in [-0.05, 0) is 29.8 Å². The van der Waals surface area contributed by atoms with Gasteiger partial charge >= 0.3 is 6.09 Å². The van der Waals surface area contributed by atoms with Gasteiger partial charge < -0.3 is 10.2 Å². The van der Waals surface area contributed by atoms with Crippen molar-refractivity contribution in [3.63, 3.8) is 0 Å². The lowest BCUT2D eigenvalue weighted by atomic mass is 10.1. The van der Waals surface area contributed by atoms with Crippen LogP contribution in [0.3, 0.4) is 0 Å². The number of carbonyl (C=O) groups is 1. The van der Waals surface area contributed by atoms with Crippen LogP contribution < -0.4 is 5.32 Å². The first-order chi connectivity index (χ1) is 10.2. The molecule has 0 saturated heterocycles. The summed E-state index contributed by atoms with van der Waals surface area (Å²) < 4.78 is 1.54. The predicted octanol–water partition coefficient (Wildman–Crippen LogP) is 2.61. The Morgan fingerprint density at radius 2 is 1.95 bits per heavy atom. The molecule has 0 radical (unpaired) electrons. The molecule has 0 atom stereocenters. The fraction of sp³-hybridized carbons (Fsp3) is 0.0667. The van der Waals surface area contributed by atoms with Crippen LogP contribution in [0.5, 0.6) is 0 Å². The van der Waals surface area contributed by atoms with Crippen molar-refractivity contribution in [2.24, 2.45) is 0 Å². The Balaban J connectivity index is 2.24. The third kappa shape index (κ3) is 2.44. The van der Waals surface area contributed by atoms with Crippen LogP contribution in [-0.2, 0) is 6.61 Å². The van der Waals surface area contributed by atoms with Crippen LogP contribution in [0.25, 0.3) is 16.6 Å². The Morgan fingerprint density at radius 3 is 2.62 bits per heavy atom. The van der Waals surface area contributed by atoms with Crippen LogP contribution in [-0.4, -0.2) is 26.1 Å². The number of carboxylic acid groups (broad SMARTS) is 1. The predicted molar refractivity (Wildman–Crippen MR) is 78.6 cm³/mol. The van der Waals surface area contributed by atoms with E-state index >= 15 is 0 Å². The second kappa shape index (κ2) is 5.26. The monoisotopic (exact) mass is 283 g/mol. The van der Waals surface area contributed by atoms with E-state index in [0.29, 0.717) is 16.7 Å². The van der Waals surface area contributed by atoms with Gasteiger partial charge in [-0.1, -0.05) is 24.3 Å². The molecule has 0 saturated carbocycles. The van der Waals surface area contributed by atoms with Gasteiger partial charge in [-0.25, -0.2) is 9.48 Å². The maximum atomic E-state index is 11.0. The molecule has 6 nitrogen and oxygen atoms in total.